The highest BCUT2D eigenvalue weighted by molar-refractivity contribution is 5.26. The molecule has 0 aliphatic rings. The van der Waals surface area contributed by atoms with Crippen molar-refractivity contribution in [2.45, 2.75) is 33.2 Å². The second-order valence-electron chi connectivity index (χ2n) is 4.32. The summed E-state index contributed by atoms with van der Waals surface area (Å²) in [5.74, 6) is -0.139. The Kier molecular flexibility index (Phi) is 5.59. The lowest BCUT2D eigenvalue weighted by molar-refractivity contribution is 0.210. The largest absolute Gasteiger partial charge is 0.330 e. The number of nitrogens with zero attached hydrogens (tertiary/aromatic N) is 1. The van der Waals surface area contributed by atoms with Crippen LogP contribution in [-0.4, -0.2) is 24.5 Å². The van der Waals surface area contributed by atoms with Crippen molar-refractivity contribution in [3.05, 3.63) is 35.1 Å². The van der Waals surface area contributed by atoms with Gasteiger partial charge in [0.1, 0.15) is 5.82 Å². The van der Waals surface area contributed by atoms with Crippen molar-refractivity contribution in [1.82, 2.24) is 4.90 Å². The van der Waals surface area contributed by atoms with Gasteiger partial charge in [0.05, 0.1) is 0 Å². The predicted molar refractivity (Wildman–Crippen MR) is 70.5 cm³/mol. The lowest BCUT2D eigenvalue weighted by atomic mass is 9.99. The number of aryl methyl sites for hydroxylation is 1. The van der Waals surface area contributed by atoms with E-state index in [0.717, 1.165) is 25.1 Å². The van der Waals surface area contributed by atoms with E-state index in [0.29, 0.717) is 18.2 Å². The molecule has 0 aliphatic carbocycles. The standard InChI is InChI=1S/C14H23FN2/c1-4-17(5-2)14(8-9-16)12-6-7-13(15)11(3)10-12/h6-7,10,14H,4-5,8-9,16H2,1-3H3. The van der Waals surface area contributed by atoms with Crippen molar-refractivity contribution >= 4 is 0 Å². The third kappa shape index (κ3) is 3.51. The SMILES string of the molecule is CCN(CC)C(CCN)c1ccc(F)c(C)c1. The van der Waals surface area contributed by atoms with Gasteiger partial charge in [-0.15, -0.1) is 0 Å². The van der Waals surface area contributed by atoms with Crippen LogP contribution in [-0.2, 0) is 0 Å². The van der Waals surface area contributed by atoms with E-state index in [-0.39, 0.29) is 5.82 Å². The van der Waals surface area contributed by atoms with Crippen LogP contribution in [0.15, 0.2) is 18.2 Å². The molecule has 17 heavy (non-hydrogen) atoms. The maximum absolute atomic E-state index is 13.3. The van der Waals surface area contributed by atoms with Crippen molar-refractivity contribution in [3.8, 4) is 0 Å². The number of nitrogens with two attached hydrogens (primary N) is 1. The van der Waals surface area contributed by atoms with Gasteiger partial charge >= 0.3 is 0 Å². The third-order valence-corrected chi connectivity index (χ3v) is 3.26. The topological polar surface area (TPSA) is 29.3 Å². The van der Waals surface area contributed by atoms with Crippen LogP contribution in [0.3, 0.4) is 0 Å². The fourth-order valence-electron chi connectivity index (χ4n) is 2.26. The quantitative estimate of drug-likeness (QED) is 0.825. The van der Waals surface area contributed by atoms with Crippen LogP contribution in [0.2, 0.25) is 0 Å². The molecular formula is C14H23FN2. The summed E-state index contributed by atoms with van der Waals surface area (Å²) in [6, 6.07) is 5.67. The Labute approximate surface area is 104 Å². The molecule has 0 radical (unpaired) electrons. The Morgan fingerprint density at radius 2 is 1.94 bits per heavy atom. The van der Waals surface area contributed by atoms with Gasteiger partial charge in [0, 0.05) is 6.04 Å². The zero-order chi connectivity index (χ0) is 12.8. The molecular weight excluding hydrogens is 215 g/mol. The molecule has 0 saturated carbocycles. The molecule has 0 amide bonds. The molecule has 1 rings (SSSR count). The zero-order valence-electron chi connectivity index (χ0n) is 11.0. The van der Waals surface area contributed by atoms with Gasteiger partial charge in [0.2, 0.25) is 0 Å². The smallest absolute Gasteiger partial charge is 0.126 e. The molecule has 2 N–H and O–H groups in total. The van der Waals surface area contributed by atoms with Crippen molar-refractivity contribution in [2.75, 3.05) is 19.6 Å². The average molecular weight is 238 g/mol. The number of benzene rings is 1. The molecule has 1 atom stereocenters. The van der Waals surface area contributed by atoms with E-state index in [2.05, 4.69) is 18.7 Å². The highest BCUT2D eigenvalue weighted by Gasteiger charge is 2.17. The Morgan fingerprint density at radius 1 is 1.29 bits per heavy atom. The third-order valence-electron chi connectivity index (χ3n) is 3.26. The van der Waals surface area contributed by atoms with Crippen LogP contribution in [0.25, 0.3) is 0 Å². The zero-order valence-corrected chi connectivity index (χ0v) is 11.0. The molecule has 0 fully saturated rings. The maximum Gasteiger partial charge on any atom is 0.126 e. The first-order valence-electron chi connectivity index (χ1n) is 6.34. The highest BCUT2D eigenvalue weighted by atomic mass is 19.1. The van der Waals surface area contributed by atoms with Crippen molar-refractivity contribution in [3.63, 3.8) is 0 Å². The number of hydrogen-bond acceptors (Lipinski definition) is 2. The van der Waals surface area contributed by atoms with E-state index in [9.17, 15) is 4.39 Å². The lowest BCUT2D eigenvalue weighted by Gasteiger charge is -2.30. The fraction of sp³-hybridized carbons (Fsp3) is 0.571. The Morgan fingerprint density at radius 3 is 2.41 bits per heavy atom. The molecule has 2 nitrogen and oxygen atoms in total. The first kappa shape index (κ1) is 14.1. The molecule has 3 heteroatoms. The molecule has 0 bridgehead atoms. The van der Waals surface area contributed by atoms with Gasteiger partial charge in [-0.3, -0.25) is 4.90 Å². The van der Waals surface area contributed by atoms with E-state index in [1.807, 2.05) is 12.1 Å². The summed E-state index contributed by atoms with van der Waals surface area (Å²) in [5.41, 5.74) is 7.55. The van der Waals surface area contributed by atoms with Crippen molar-refractivity contribution in [1.29, 1.82) is 0 Å². The Balaban J connectivity index is 2.99. The summed E-state index contributed by atoms with van der Waals surface area (Å²) in [6.07, 6.45) is 0.909. The molecule has 0 aliphatic heterocycles. The molecule has 0 heterocycles. The molecule has 1 aromatic carbocycles. The summed E-state index contributed by atoms with van der Waals surface area (Å²) < 4.78 is 13.3. The minimum absolute atomic E-state index is 0.139. The fourth-order valence-corrected chi connectivity index (χ4v) is 2.26. The molecule has 1 unspecified atom stereocenters. The Bertz CT molecular complexity index is 348. The monoisotopic (exact) mass is 238 g/mol. The lowest BCUT2D eigenvalue weighted by Crippen LogP contribution is -2.30. The van der Waals surface area contributed by atoms with Gasteiger partial charge in [-0.25, -0.2) is 4.39 Å². The summed E-state index contributed by atoms with van der Waals surface area (Å²) >= 11 is 0. The average Bonchev–Trinajstić information content (AvgIpc) is 2.33. The second-order valence-corrected chi connectivity index (χ2v) is 4.32. The van der Waals surface area contributed by atoms with Crippen LogP contribution in [0.1, 0.15) is 37.4 Å². The van der Waals surface area contributed by atoms with Gasteiger partial charge < -0.3 is 5.73 Å². The number of rotatable bonds is 6. The highest BCUT2D eigenvalue weighted by Crippen LogP contribution is 2.25. The van der Waals surface area contributed by atoms with E-state index >= 15 is 0 Å². The number of hydrogen-bond donors (Lipinski definition) is 1. The summed E-state index contributed by atoms with van der Waals surface area (Å²) in [5, 5.41) is 0. The van der Waals surface area contributed by atoms with Crippen LogP contribution in [0.4, 0.5) is 4.39 Å². The second kappa shape index (κ2) is 6.72. The maximum atomic E-state index is 13.3. The van der Waals surface area contributed by atoms with Crippen LogP contribution >= 0.6 is 0 Å². The van der Waals surface area contributed by atoms with E-state index in [4.69, 9.17) is 5.73 Å². The molecule has 96 valence electrons. The molecule has 0 saturated heterocycles. The molecule has 1 aromatic rings. The van der Waals surface area contributed by atoms with Crippen molar-refractivity contribution < 1.29 is 4.39 Å². The van der Waals surface area contributed by atoms with E-state index < -0.39 is 0 Å². The van der Waals surface area contributed by atoms with Gasteiger partial charge in [-0.1, -0.05) is 26.0 Å². The molecule has 0 aromatic heterocycles. The van der Waals surface area contributed by atoms with E-state index in [1.165, 1.54) is 0 Å². The normalized spacial score (nSPS) is 13.1. The summed E-state index contributed by atoms with van der Waals surface area (Å²) in [7, 11) is 0. The summed E-state index contributed by atoms with van der Waals surface area (Å²) in [6.45, 7) is 8.71. The predicted octanol–water partition coefficient (Wildman–Crippen LogP) is 2.87. The first-order chi connectivity index (χ1) is 8.13. The minimum Gasteiger partial charge on any atom is -0.330 e. The van der Waals surface area contributed by atoms with Crippen LogP contribution in [0.5, 0.6) is 0 Å². The van der Waals surface area contributed by atoms with Crippen LogP contribution in [0, 0.1) is 12.7 Å². The van der Waals surface area contributed by atoms with Gasteiger partial charge in [0.25, 0.3) is 0 Å². The van der Waals surface area contributed by atoms with Crippen molar-refractivity contribution in [2.24, 2.45) is 5.73 Å². The van der Waals surface area contributed by atoms with Gasteiger partial charge in [-0.2, -0.15) is 0 Å². The van der Waals surface area contributed by atoms with E-state index in [1.54, 1.807) is 13.0 Å². The summed E-state index contributed by atoms with van der Waals surface area (Å²) in [4.78, 5) is 2.36. The minimum atomic E-state index is -0.139. The van der Waals surface area contributed by atoms with Gasteiger partial charge in [-0.05, 0) is 50.2 Å². The van der Waals surface area contributed by atoms with Crippen LogP contribution < -0.4 is 5.73 Å². The first-order valence-corrected chi connectivity index (χ1v) is 6.34. The van der Waals surface area contributed by atoms with Gasteiger partial charge in [0.15, 0.2) is 0 Å². The molecule has 0 spiro atoms. The Hall–Kier alpha value is -0.930. The number of halogens is 1.